The first-order chi connectivity index (χ1) is 13.6. The molecule has 4 nitrogen and oxygen atoms in total. The average Bonchev–Trinajstić information content (AvgIpc) is 2.72. The van der Waals surface area contributed by atoms with Gasteiger partial charge in [-0.25, -0.2) is 0 Å². The summed E-state index contributed by atoms with van der Waals surface area (Å²) >= 11 is 3.66. The molecule has 2 atom stereocenters. The van der Waals surface area contributed by atoms with Crippen molar-refractivity contribution in [3.63, 3.8) is 0 Å². The summed E-state index contributed by atoms with van der Waals surface area (Å²) in [6.45, 7) is 7.98. The van der Waals surface area contributed by atoms with Gasteiger partial charge in [-0.2, -0.15) is 0 Å². The molecule has 2 amide bonds. The molecule has 1 fully saturated rings. The van der Waals surface area contributed by atoms with Crippen molar-refractivity contribution in [3.8, 4) is 0 Å². The van der Waals surface area contributed by atoms with Gasteiger partial charge in [0.1, 0.15) is 6.54 Å². The van der Waals surface area contributed by atoms with Gasteiger partial charge in [-0.3, -0.25) is 9.59 Å². The quantitative estimate of drug-likeness (QED) is 0.603. The Morgan fingerprint density at radius 3 is 2.55 bits per heavy atom. The highest BCUT2D eigenvalue weighted by Crippen LogP contribution is 2.43. The molecule has 1 aromatic carbocycles. The molecule has 0 bridgehead atoms. The summed E-state index contributed by atoms with van der Waals surface area (Å²) in [5.74, 6) is 0.960. The van der Waals surface area contributed by atoms with E-state index < -0.39 is 0 Å². The summed E-state index contributed by atoms with van der Waals surface area (Å²) in [6, 6.07) is 6.40. The molecule has 1 N–H and O–H groups in total. The van der Waals surface area contributed by atoms with Crippen LogP contribution in [0, 0.1) is 12.8 Å². The number of carbonyl (C=O) groups is 2. The van der Waals surface area contributed by atoms with Crippen molar-refractivity contribution in [3.05, 3.63) is 29.3 Å². The van der Waals surface area contributed by atoms with E-state index in [2.05, 4.69) is 39.4 Å². The van der Waals surface area contributed by atoms with Gasteiger partial charge in [-0.1, -0.05) is 60.2 Å². The Bertz CT molecular complexity index is 750. The number of fused-ring (bicyclic) bond motifs is 1. The van der Waals surface area contributed by atoms with Crippen molar-refractivity contribution in [1.82, 2.24) is 5.32 Å². The molecule has 2 aliphatic rings. The molecule has 2 unspecified atom stereocenters. The molecule has 0 radical (unpaired) electrons. The number of hydrogen-bond donors (Lipinski definition) is 1. The van der Waals surface area contributed by atoms with Crippen LogP contribution in [0.3, 0.4) is 0 Å². The summed E-state index contributed by atoms with van der Waals surface area (Å²) in [5, 5.41) is 3.00. The molecule has 3 rings (SSSR count). The van der Waals surface area contributed by atoms with Crippen molar-refractivity contribution in [2.75, 3.05) is 11.4 Å². The summed E-state index contributed by atoms with van der Waals surface area (Å²) in [7, 11) is 0. The normalized spacial score (nSPS) is 23.5. The fourth-order valence-electron chi connectivity index (χ4n) is 4.81. The van der Waals surface area contributed by atoms with E-state index in [9.17, 15) is 9.59 Å². The Labute approximate surface area is 183 Å². The van der Waals surface area contributed by atoms with E-state index in [1.165, 1.54) is 37.7 Å². The number of aryl methyl sites for hydroxylation is 1. The Morgan fingerprint density at radius 1 is 1.21 bits per heavy atom. The second-order valence-electron chi connectivity index (χ2n) is 9.92. The number of hydrogen-bond acceptors (Lipinski definition) is 2. The van der Waals surface area contributed by atoms with Crippen molar-refractivity contribution in [2.24, 2.45) is 5.92 Å². The van der Waals surface area contributed by atoms with Crippen LogP contribution in [0.25, 0.3) is 0 Å². The molecule has 1 aromatic rings. The minimum Gasteiger partial charge on any atom is -0.350 e. The fourth-order valence-corrected chi connectivity index (χ4v) is 5.51. The predicted octanol–water partition coefficient (Wildman–Crippen LogP) is 5.46. The van der Waals surface area contributed by atoms with Gasteiger partial charge >= 0.3 is 0 Å². The number of alkyl halides is 1. The van der Waals surface area contributed by atoms with E-state index >= 15 is 0 Å². The van der Waals surface area contributed by atoms with Gasteiger partial charge in [0.05, 0.1) is 4.83 Å². The number of anilines is 1. The first-order valence-electron chi connectivity index (χ1n) is 11.0. The van der Waals surface area contributed by atoms with Crippen molar-refractivity contribution >= 4 is 33.4 Å². The van der Waals surface area contributed by atoms with Crippen LogP contribution < -0.4 is 10.2 Å². The monoisotopic (exact) mass is 462 g/mol. The van der Waals surface area contributed by atoms with Crippen molar-refractivity contribution < 1.29 is 9.59 Å². The molecule has 29 heavy (non-hydrogen) atoms. The second-order valence-corrected chi connectivity index (χ2v) is 11.0. The van der Waals surface area contributed by atoms with Crippen LogP contribution in [0.1, 0.15) is 82.8 Å². The first-order valence-corrected chi connectivity index (χ1v) is 11.9. The van der Waals surface area contributed by atoms with Crippen LogP contribution in [-0.2, 0) is 9.59 Å². The lowest BCUT2D eigenvalue weighted by atomic mass is 9.79. The van der Waals surface area contributed by atoms with E-state index in [1.54, 1.807) is 4.90 Å². The van der Waals surface area contributed by atoms with E-state index in [4.69, 9.17) is 0 Å². The van der Waals surface area contributed by atoms with Crippen LogP contribution in [0.15, 0.2) is 18.2 Å². The van der Waals surface area contributed by atoms with Crippen LogP contribution in [0.2, 0.25) is 0 Å². The zero-order chi connectivity index (χ0) is 21.2. The summed E-state index contributed by atoms with van der Waals surface area (Å²) in [6.07, 6.45) is 8.54. The lowest BCUT2D eigenvalue weighted by Gasteiger charge is -2.28. The highest BCUT2D eigenvalue weighted by Gasteiger charge is 2.36. The molecule has 1 aliphatic heterocycles. The van der Waals surface area contributed by atoms with Gasteiger partial charge in [-0.15, -0.1) is 0 Å². The lowest BCUT2D eigenvalue weighted by Crippen LogP contribution is -2.48. The maximum absolute atomic E-state index is 13.3. The third-order valence-corrected chi connectivity index (χ3v) is 6.87. The van der Waals surface area contributed by atoms with Crippen LogP contribution in [0.4, 0.5) is 5.69 Å². The number of carbonyl (C=O) groups excluding carboxylic acids is 2. The number of rotatable bonds is 4. The number of amides is 2. The number of halogens is 1. The largest absolute Gasteiger partial charge is 0.350 e. The van der Waals surface area contributed by atoms with E-state index in [1.807, 2.05) is 27.7 Å². The fraction of sp³-hybridized carbons (Fsp3) is 0.667. The Kier molecular flexibility index (Phi) is 7.08. The number of nitrogens with one attached hydrogen (secondary N) is 1. The van der Waals surface area contributed by atoms with Crippen molar-refractivity contribution in [2.45, 2.75) is 88.9 Å². The number of nitrogens with zero attached hydrogens (tertiary/aromatic N) is 1. The predicted molar refractivity (Wildman–Crippen MR) is 123 cm³/mol. The highest BCUT2D eigenvalue weighted by atomic mass is 79.9. The van der Waals surface area contributed by atoms with Gasteiger partial charge in [0.15, 0.2) is 0 Å². The summed E-state index contributed by atoms with van der Waals surface area (Å²) < 4.78 is 0. The minimum atomic E-state index is -0.321. The third-order valence-electron chi connectivity index (χ3n) is 6.10. The summed E-state index contributed by atoms with van der Waals surface area (Å²) in [4.78, 5) is 27.4. The molecule has 0 saturated heterocycles. The molecular weight excluding hydrogens is 428 g/mol. The van der Waals surface area contributed by atoms with E-state index in [-0.39, 0.29) is 28.7 Å². The van der Waals surface area contributed by atoms with Gasteiger partial charge in [0, 0.05) is 11.2 Å². The molecular formula is C24H35BrN2O2. The van der Waals surface area contributed by atoms with Gasteiger partial charge in [0.25, 0.3) is 0 Å². The lowest BCUT2D eigenvalue weighted by molar-refractivity contribution is -0.124. The summed E-state index contributed by atoms with van der Waals surface area (Å²) in [5.41, 5.74) is 2.93. The molecule has 0 spiro atoms. The van der Waals surface area contributed by atoms with Crippen LogP contribution in [0.5, 0.6) is 0 Å². The molecule has 160 valence electrons. The molecule has 5 heteroatoms. The van der Waals surface area contributed by atoms with Gasteiger partial charge in [-0.05, 0) is 69.6 Å². The van der Waals surface area contributed by atoms with Gasteiger partial charge in [0.2, 0.25) is 11.8 Å². The topological polar surface area (TPSA) is 49.4 Å². The van der Waals surface area contributed by atoms with Gasteiger partial charge < -0.3 is 10.2 Å². The molecule has 1 saturated carbocycles. The zero-order valence-electron chi connectivity index (χ0n) is 18.3. The highest BCUT2D eigenvalue weighted by molar-refractivity contribution is 9.10. The maximum Gasteiger partial charge on any atom is 0.241 e. The second kappa shape index (κ2) is 9.20. The van der Waals surface area contributed by atoms with Crippen LogP contribution in [-0.4, -0.2) is 28.7 Å². The minimum absolute atomic E-state index is 0.00736. The molecule has 1 heterocycles. The third kappa shape index (κ3) is 5.84. The molecule has 1 aliphatic carbocycles. The van der Waals surface area contributed by atoms with E-state index in [0.717, 1.165) is 30.0 Å². The first kappa shape index (κ1) is 22.3. The van der Waals surface area contributed by atoms with E-state index in [0.29, 0.717) is 5.92 Å². The Morgan fingerprint density at radius 2 is 1.90 bits per heavy atom. The van der Waals surface area contributed by atoms with Crippen LogP contribution >= 0.6 is 15.9 Å². The SMILES string of the molecule is Cc1ccc2c(c1)N(CC(=O)NC(C)(C)C)C(=O)C(Br)CC2CC1CCCCC1. The van der Waals surface area contributed by atoms with Crippen molar-refractivity contribution in [1.29, 1.82) is 0 Å². The smallest absolute Gasteiger partial charge is 0.241 e. The Balaban J connectivity index is 1.91. The Hall–Kier alpha value is -1.36. The zero-order valence-corrected chi connectivity index (χ0v) is 19.8. The molecule has 0 aromatic heterocycles. The standard InChI is InChI=1S/C24H35BrN2O2/c1-16-10-11-19-18(13-17-8-6-5-7-9-17)14-20(25)23(29)27(21(19)12-16)15-22(28)26-24(2,3)4/h10-12,17-18,20H,5-9,13-15H2,1-4H3,(H,26,28). The number of benzene rings is 1. The average molecular weight is 463 g/mol. The maximum atomic E-state index is 13.3.